The predicted octanol–water partition coefficient (Wildman–Crippen LogP) is 8.39. The maximum atomic E-state index is 9.89. The second-order valence-corrected chi connectivity index (χ2v) is 10.7. The molecular formula is C29H52O3. The summed E-state index contributed by atoms with van der Waals surface area (Å²) in [6.45, 7) is 20.3. The molecule has 3 unspecified atom stereocenters. The van der Waals surface area contributed by atoms with Crippen LogP contribution < -0.4 is 0 Å². The number of phenols is 2. The predicted molar refractivity (Wildman–Crippen MR) is 140 cm³/mol. The standard InChI is InChI=1S/C20H40O.C9H12O2/c1-7-20(6,21)16-10-15-19(5)14-9-13-18(4)12-8-11-17(2)3;1-5-4-8(10)6(2)7(3)9(5)11/h7,17-19,21H,1,8-16H2,2-6H3;4,10-11H,1-3H3. The largest absolute Gasteiger partial charge is 0.508 e. The van der Waals surface area contributed by atoms with Crippen LogP contribution >= 0.6 is 0 Å². The second kappa shape index (κ2) is 15.4. The van der Waals surface area contributed by atoms with Gasteiger partial charge in [0.15, 0.2) is 0 Å². The van der Waals surface area contributed by atoms with E-state index in [1.807, 2.05) is 6.92 Å². The summed E-state index contributed by atoms with van der Waals surface area (Å²) in [6, 6.07) is 1.57. The third-order valence-electron chi connectivity index (χ3n) is 6.72. The van der Waals surface area contributed by atoms with Crippen molar-refractivity contribution in [1.29, 1.82) is 0 Å². The Labute approximate surface area is 199 Å². The van der Waals surface area contributed by atoms with E-state index in [9.17, 15) is 15.3 Å². The maximum Gasteiger partial charge on any atom is 0.121 e. The summed E-state index contributed by atoms with van der Waals surface area (Å²) in [6.07, 6.45) is 13.1. The lowest BCUT2D eigenvalue weighted by atomic mass is 9.90. The molecule has 1 aromatic carbocycles. The summed E-state index contributed by atoms with van der Waals surface area (Å²) < 4.78 is 0. The first kappa shape index (κ1) is 30.5. The molecule has 0 heterocycles. The number of aryl methyl sites for hydroxylation is 1. The van der Waals surface area contributed by atoms with Gasteiger partial charge >= 0.3 is 0 Å². The average Bonchev–Trinajstić information content (AvgIpc) is 2.71. The Bertz CT molecular complexity index is 635. The zero-order valence-electron chi connectivity index (χ0n) is 22.3. The lowest BCUT2D eigenvalue weighted by Crippen LogP contribution is -2.20. The number of hydrogen-bond acceptors (Lipinski definition) is 3. The van der Waals surface area contributed by atoms with E-state index in [0.29, 0.717) is 5.56 Å². The molecule has 0 aliphatic rings. The van der Waals surface area contributed by atoms with Gasteiger partial charge in [-0.3, -0.25) is 0 Å². The normalized spacial score (nSPS) is 14.9. The van der Waals surface area contributed by atoms with Crippen LogP contribution in [0.4, 0.5) is 0 Å². The SMILES string of the molecule is C=CC(C)(O)CCCC(C)CCCC(C)CCCC(C)C.Cc1cc(O)c(C)c(C)c1O. The van der Waals surface area contributed by atoms with Crippen LogP contribution in [0.2, 0.25) is 0 Å². The first-order chi connectivity index (χ1) is 14.8. The molecule has 32 heavy (non-hydrogen) atoms. The monoisotopic (exact) mass is 448 g/mol. The van der Waals surface area contributed by atoms with E-state index in [2.05, 4.69) is 34.3 Å². The van der Waals surface area contributed by atoms with Gasteiger partial charge in [0, 0.05) is 0 Å². The highest BCUT2D eigenvalue weighted by Gasteiger charge is 2.15. The van der Waals surface area contributed by atoms with Crippen molar-refractivity contribution in [2.75, 3.05) is 0 Å². The summed E-state index contributed by atoms with van der Waals surface area (Å²) >= 11 is 0. The fourth-order valence-electron chi connectivity index (χ4n) is 3.94. The van der Waals surface area contributed by atoms with Crippen LogP contribution in [-0.4, -0.2) is 20.9 Å². The third-order valence-corrected chi connectivity index (χ3v) is 6.72. The van der Waals surface area contributed by atoms with Crippen LogP contribution in [-0.2, 0) is 0 Å². The highest BCUT2D eigenvalue weighted by molar-refractivity contribution is 5.50. The minimum Gasteiger partial charge on any atom is -0.508 e. The molecule has 0 bridgehead atoms. The molecule has 0 aliphatic carbocycles. The number of aliphatic hydroxyl groups is 1. The number of aromatic hydroxyl groups is 2. The van der Waals surface area contributed by atoms with Crippen LogP contribution in [0, 0.1) is 38.5 Å². The molecule has 1 aromatic rings. The first-order valence-corrected chi connectivity index (χ1v) is 12.6. The summed E-state index contributed by atoms with van der Waals surface area (Å²) in [5, 5.41) is 28.6. The highest BCUT2D eigenvalue weighted by Crippen LogP contribution is 2.30. The van der Waals surface area contributed by atoms with Crippen molar-refractivity contribution in [3.8, 4) is 11.5 Å². The van der Waals surface area contributed by atoms with Crippen molar-refractivity contribution in [3.63, 3.8) is 0 Å². The molecule has 0 saturated heterocycles. The Morgan fingerprint density at radius 3 is 1.78 bits per heavy atom. The van der Waals surface area contributed by atoms with Crippen molar-refractivity contribution < 1.29 is 15.3 Å². The zero-order chi connectivity index (χ0) is 24.9. The van der Waals surface area contributed by atoms with Crippen LogP contribution in [0.3, 0.4) is 0 Å². The maximum absolute atomic E-state index is 9.89. The van der Waals surface area contributed by atoms with E-state index in [1.165, 1.54) is 44.9 Å². The molecule has 186 valence electrons. The summed E-state index contributed by atoms with van der Waals surface area (Å²) in [5.41, 5.74) is 1.53. The van der Waals surface area contributed by atoms with Gasteiger partial charge in [-0.1, -0.05) is 85.1 Å². The molecule has 0 aliphatic heterocycles. The van der Waals surface area contributed by atoms with Crippen molar-refractivity contribution in [2.24, 2.45) is 17.8 Å². The molecule has 3 N–H and O–H groups in total. The molecule has 3 heteroatoms. The number of benzene rings is 1. The highest BCUT2D eigenvalue weighted by atomic mass is 16.3. The minimum absolute atomic E-state index is 0.248. The first-order valence-electron chi connectivity index (χ1n) is 12.6. The van der Waals surface area contributed by atoms with Crippen LogP contribution in [0.25, 0.3) is 0 Å². The molecule has 0 saturated carbocycles. The molecule has 3 nitrogen and oxygen atoms in total. The molecule has 0 amide bonds. The van der Waals surface area contributed by atoms with Gasteiger partial charge in [-0.05, 0) is 74.6 Å². The fraction of sp³-hybridized carbons (Fsp3) is 0.724. The molecule has 0 fully saturated rings. The average molecular weight is 449 g/mol. The Kier molecular flexibility index (Phi) is 14.7. The molecule has 0 radical (unpaired) electrons. The van der Waals surface area contributed by atoms with Gasteiger partial charge in [-0.25, -0.2) is 0 Å². The number of hydrogen-bond donors (Lipinski definition) is 3. The van der Waals surface area contributed by atoms with Gasteiger partial charge in [-0.15, -0.1) is 6.58 Å². The van der Waals surface area contributed by atoms with E-state index in [0.717, 1.165) is 41.7 Å². The molecule has 0 spiro atoms. The van der Waals surface area contributed by atoms with Crippen molar-refractivity contribution in [3.05, 3.63) is 35.4 Å². The fourth-order valence-corrected chi connectivity index (χ4v) is 3.94. The molecular weight excluding hydrogens is 396 g/mol. The van der Waals surface area contributed by atoms with E-state index < -0.39 is 5.60 Å². The Morgan fingerprint density at radius 2 is 1.31 bits per heavy atom. The topological polar surface area (TPSA) is 60.7 Å². The lowest BCUT2D eigenvalue weighted by Gasteiger charge is -2.20. The summed E-state index contributed by atoms with van der Waals surface area (Å²) in [5.74, 6) is 3.05. The number of phenolic OH excluding ortho intramolecular Hbond substituents is 2. The molecule has 0 aromatic heterocycles. The quantitative estimate of drug-likeness (QED) is 0.210. The molecule has 3 atom stereocenters. The van der Waals surface area contributed by atoms with Crippen LogP contribution in [0.15, 0.2) is 18.7 Å². The van der Waals surface area contributed by atoms with Crippen LogP contribution in [0.1, 0.15) is 109 Å². The molecule has 1 rings (SSSR count). The van der Waals surface area contributed by atoms with E-state index in [-0.39, 0.29) is 11.5 Å². The Morgan fingerprint density at radius 1 is 0.844 bits per heavy atom. The van der Waals surface area contributed by atoms with E-state index >= 15 is 0 Å². The van der Waals surface area contributed by atoms with Gasteiger partial charge in [0.2, 0.25) is 0 Å². The minimum atomic E-state index is -0.676. The van der Waals surface area contributed by atoms with Gasteiger partial charge in [0.05, 0.1) is 5.60 Å². The van der Waals surface area contributed by atoms with Gasteiger partial charge in [-0.2, -0.15) is 0 Å². The lowest BCUT2D eigenvalue weighted by molar-refractivity contribution is 0.0974. The summed E-state index contributed by atoms with van der Waals surface area (Å²) in [4.78, 5) is 0. The third kappa shape index (κ3) is 13.2. The zero-order valence-corrected chi connectivity index (χ0v) is 22.3. The van der Waals surface area contributed by atoms with Crippen molar-refractivity contribution in [2.45, 2.75) is 119 Å². The Balaban J connectivity index is 0.000000726. The Hall–Kier alpha value is -1.48. The van der Waals surface area contributed by atoms with Crippen molar-refractivity contribution >= 4 is 0 Å². The van der Waals surface area contributed by atoms with Crippen molar-refractivity contribution in [1.82, 2.24) is 0 Å². The van der Waals surface area contributed by atoms with Gasteiger partial charge in [0.25, 0.3) is 0 Å². The smallest absolute Gasteiger partial charge is 0.121 e. The van der Waals surface area contributed by atoms with Gasteiger partial charge in [0.1, 0.15) is 11.5 Å². The van der Waals surface area contributed by atoms with Gasteiger partial charge < -0.3 is 15.3 Å². The second-order valence-electron chi connectivity index (χ2n) is 10.7. The van der Waals surface area contributed by atoms with E-state index in [4.69, 9.17) is 0 Å². The summed E-state index contributed by atoms with van der Waals surface area (Å²) in [7, 11) is 0. The van der Waals surface area contributed by atoms with E-state index in [1.54, 1.807) is 32.9 Å². The number of rotatable bonds is 13. The van der Waals surface area contributed by atoms with Crippen LogP contribution in [0.5, 0.6) is 11.5 Å².